The van der Waals surface area contributed by atoms with Gasteiger partial charge in [0.05, 0.1) is 13.2 Å². The van der Waals surface area contributed by atoms with Crippen molar-refractivity contribution in [2.24, 2.45) is 0 Å². The minimum Gasteiger partial charge on any atom is -0.457 e. The third-order valence-electron chi connectivity index (χ3n) is 4.82. The van der Waals surface area contributed by atoms with Gasteiger partial charge in [-0.15, -0.1) is 0 Å². The molecule has 3 rings (SSSR count). The summed E-state index contributed by atoms with van der Waals surface area (Å²) in [7, 11) is 0. The number of hydrogen-bond acceptors (Lipinski definition) is 3. The maximum Gasteiger partial charge on any atom is 0.499 e. The summed E-state index contributed by atoms with van der Waals surface area (Å²) >= 11 is 0. The van der Waals surface area contributed by atoms with E-state index in [1.807, 2.05) is 68.4 Å². The molecule has 3 nitrogen and oxygen atoms in total. The number of para-hydroxylation sites is 1. The van der Waals surface area contributed by atoms with Gasteiger partial charge in [-0.25, -0.2) is 0 Å². The Hall–Kier alpha value is -3.13. The summed E-state index contributed by atoms with van der Waals surface area (Å²) in [4.78, 5) is 0. The fraction of sp³-hybridized carbons (Fsp3) is 0.280. The minimum absolute atomic E-state index is 0.287. The highest BCUT2D eigenvalue weighted by Crippen LogP contribution is 2.37. The molecular weight excluding hydrogens is 443 g/mol. The molecular formula is C25H23F5O3. The lowest BCUT2D eigenvalue weighted by atomic mass is 9.85. The number of alkyl halides is 5. The Bertz CT molecular complexity index is 1030. The summed E-state index contributed by atoms with van der Waals surface area (Å²) in [5.41, 5.74) is 1.08. The van der Waals surface area contributed by atoms with Crippen molar-refractivity contribution in [2.45, 2.75) is 38.2 Å². The topological polar surface area (TPSA) is 27.7 Å². The van der Waals surface area contributed by atoms with Crippen LogP contribution in [0.1, 0.15) is 25.0 Å². The van der Waals surface area contributed by atoms with Crippen LogP contribution in [0.15, 0.2) is 78.9 Å². The summed E-state index contributed by atoms with van der Waals surface area (Å²) in [6, 6.07) is 21.9. The smallest absolute Gasteiger partial charge is 0.457 e. The van der Waals surface area contributed by atoms with Crippen molar-refractivity contribution in [3.63, 3.8) is 0 Å². The second-order valence-electron chi connectivity index (χ2n) is 8.08. The van der Waals surface area contributed by atoms with E-state index >= 15 is 0 Å². The van der Waals surface area contributed by atoms with Crippen molar-refractivity contribution in [2.75, 3.05) is 6.61 Å². The van der Waals surface area contributed by atoms with E-state index in [9.17, 15) is 22.0 Å². The molecule has 3 aromatic rings. The first kappa shape index (κ1) is 24.5. The number of halogens is 5. The van der Waals surface area contributed by atoms with Gasteiger partial charge in [-0.05, 0) is 47.5 Å². The largest absolute Gasteiger partial charge is 0.499 e. The summed E-state index contributed by atoms with van der Waals surface area (Å²) in [6.45, 7) is 4.36. The molecule has 8 heteroatoms. The molecule has 0 bridgehead atoms. The predicted molar refractivity (Wildman–Crippen MR) is 114 cm³/mol. The molecule has 0 fully saturated rings. The van der Waals surface area contributed by atoms with Crippen molar-refractivity contribution in [1.82, 2.24) is 0 Å². The van der Waals surface area contributed by atoms with Gasteiger partial charge in [0.1, 0.15) is 17.2 Å². The molecule has 33 heavy (non-hydrogen) atoms. The zero-order valence-corrected chi connectivity index (χ0v) is 18.0. The SMILES string of the molecule is CC(C)(COCc1cccc(Oc2ccccc2)c1)c1ccc(OC(F)(F)C(F)(F)F)cc1. The molecule has 0 atom stereocenters. The Morgan fingerprint density at radius 2 is 1.33 bits per heavy atom. The predicted octanol–water partition coefficient (Wildman–Crippen LogP) is 7.51. The summed E-state index contributed by atoms with van der Waals surface area (Å²) < 4.78 is 78.5. The van der Waals surface area contributed by atoms with Gasteiger partial charge < -0.3 is 14.2 Å². The molecule has 0 aliphatic carbocycles. The standard InChI is InChI=1S/C25H23F5O3/c1-23(2,19-11-13-21(14-12-19)33-25(29,30)24(26,27)28)17-31-16-18-7-6-10-22(15-18)32-20-8-4-3-5-9-20/h3-15H,16-17H2,1-2H3. The van der Waals surface area contributed by atoms with Gasteiger partial charge in [0.2, 0.25) is 0 Å². The van der Waals surface area contributed by atoms with Crippen LogP contribution in [0.4, 0.5) is 22.0 Å². The molecule has 0 aliphatic rings. The molecule has 0 radical (unpaired) electrons. The average Bonchev–Trinajstić information content (AvgIpc) is 2.74. The first-order chi connectivity index (χ1) is 15.5. The Labute approximate surface area is 188 Å². The van der Waals surface area contributed by atoms with Crippen LogP contribution >= 0.6 is 0 Å². The van der Waals surface area contributed by atoms with Gasteiger partial charge in [0, 0.05) is 5.41 Å². The van der Waals surface area contributed by atoms with Crippen LogP contribution in [-0.2, 0) is 16.8 Å². The second kappa shape index (κ2) is 9.79. The molecule has 0 saturated heterocycles. The molecule has 0 aromatic heterocycles. The van der Waals surface area contributed by atoms with Gasteiger partial charge in [-0.3, -0.25) is 0 Å². The zero-order chi connectivity index (χ0) is 24.1. The minimum atomic E-state index is -5.79. The Morgan fingerprint density at radius 3 is 1.97 bits per heavy atom. The van der Waals surface area contributed by atoms with E-state index in [4.69, 9.17) is 9.47 Å². The highest BCUT2D eigenvalue weighted by Gasteiger charge is 2.61. The second-order valence-corrected chi connectivity index (χ2v) is 8.08. The van der Waals surface area contributed by atoms with Crippen molar-refractivity contribution in [1.29, 1.82) is 0 Å². The first-order valence-electron chi connectivity index (χ1n) is 10.1. The van der Waals surface area contributed by atoms with Crippen LogP contribution in [0.25, 0.3) is 0 Å². The summed E-state index contributed by atoms with van der Waals surface area (Å²) in [5.74, 6) is 0.818. The quantitative estimate of drug-likeness (QED) is 0.306. The lowest BCUT2D eigenvalue weighted by molar-refractivity contribution is -0.360. The fourth-order valence-electron chi connectivity index (χ4n) is 3.01. The molecule has 0 saturated carbocycles. The molecule has 0 spiro atoms. The molecule has 0 N–H and O–H groups in total. The van der Waals surface area contributed by atoms with Crippen LogP contribution in [0.5, 0.6) is 17.2 Å². The lowest BCUT2D eigenvalue weighted by Gasteiger charge is -2.26. The molecule has 3 aromatic carbocycles. The van der Waals surface area contributed by atoms with E-state index in [1.54, 1.807) is 0 Å². The van der Waals surface area contributed by atoms with Crippen molar-refractivity contribution in [3.05, 3.63) is 90.0 Å². The van der Waals surface area contributed by atoms with Crippen LogP contribution in [-0.4, -0.2) is 18.9 Å². The maximum atomic E-state index is 13.1. The van der Waals surface area contributed by atoms with Gasteiger partial charge in [0.25, 0.3) is 0 Å². The zero-order valence-electron chi connectivity index (χ0n) is 18.0. The monoisotopic (exact) mass is 466 g/mol. The van der Waals surface area contributed by atoms with Crippen LogP contribution in [0.3, 0.4) is 0 Å². The summed E-state index contributed by atoms with van der Waals surface area (Å²) in [5, 5.41) is 0. The Balaban J connectivity index is 1.56. The van der Waals surface area contributed by atoms with Crippen molar-refractivity contribution in [3.8, 4) is 17.2 Å². The molecule has 0 amide bonds. The van der Waals surface area contributed by atoms with E-state index in [-0.39, 0.29) is 6.61 Å². The van der Waals surface area contributed by atoms with Crippen molar-refractivity contribution < 1.29 is 36.2 Å². The third-order valence-corrected chi connectivity index (χ3v) is 4.82. The highest BCUT2D eigenvalue weighted by molar-refractivity contribution is 5.34. The van der Waals surface area contributed by atoms with Gasteiger partial charge in [0.15, 0.2) is 0 Å². The van der Waals surface area contributed by atoms with E-state index in [0.29, 0.717) is 17.9 Å². The first-order valence-corrected chi connectivity index (χ1v) is 10.1. The molecule has 0 unspecified atom stereocenters. The number of ether oxygens (including phenoxy) is 3. The van der Waals surface area contributed by atoms with E-state index in [2.05, 4.69) is 4.74 Å². The Morgan fingerprint density at radius 1 is 0.697 bits per heavy atom. The van der Waals surface area contributed by atoms with Crippen LogP contribution < -0.4 is 9.47 Å². The number of rotatable bonds is 9. The number of benzene rings is 3. The highest BCUT2D eigenvalue weighted by atomic mass is 19.4. The number of hydrogen-bond donors (Lipinski definition) is 0. The van der Waals surface area contributed by atoms with Gasteiger partial charge in [-0.2, -0.15) is 22.0 Å². The van der Waals surface area contributed by atoms with Crippen LogP contribution in [0, 0.1) is 0 Å². The normalized spacial score (nSPS) is 12.5. The van der Waals surface area contributed by atoms with Gasteiger partial charge in [-0.1, -0.05) is 56.3 Å². The Kier molecular flexibility index (Phi) is 7.27. The lowest BCUT2D eigenvalue weighted by Crippen LogP contribution is -2.41. The summed E-state index contributed by atoms with van der Waals surface area (Å²) in [6.07, 6.45) is -11.0. The molecule has 0 aliphatic heterocycles. The fourth-order valence-corrected chi connectivity index (χ4v) is 3.01. The van der Waals surface area contributed by atoms with Crippen molar-refractivity contribution >= 4 is 0 Å². The average molecular weight is 466 g/mol. The van der Waals surface area contributed by atoms with E-state index in [0.717, 1.165) is 23.4 Å². The third kappa shape index (κ3) is 6.68. The molecule has 176 valence electrons. The van der Waals surface area contributed by atoms with E-state index < -0.39 is 23.4 Å². The van der Waals surface area contributed by atoms with Gasteiger partial charge >= 0.3 is 12.3 Å². The maximum absolute atomic E-state index is 13.1. The van der Waals surface area contributed by atoms with E-state index in [1.165, 1.54) is 12.1 Å². The molecule has 0 heterocycles. The van der Waals surface area contributed by atoms with Crippen LogP contribution in [0.2, 0.25) is 0 Å².